The number of benzene rings is 12. The van der Waals surface area contributed by atoms with Gasteiger partial charge in [0.05, 0.1) is 11.1 Å². The summed E-state index contributed by atoms with van der Waals surface area (Å²) in [6.07, 6.45) is 0. The van der Waals surface area contributed by atoms with Crippen LogP contribution in [0.1, 0.15) is 22.3 Å². The number of fused-ring (bicyclic) bond motifs is 8. The van der Waals surface area contributed by atoms with Crippen molar-refractivity contribution in [1.82, 2.24) is 0 Å². The van der Waals surface area contributed by atoms with Crippen molar-refractivity contribution in [3.05, 3.63) is 301 Å². The topological polar surface area (TPSA) is 28.9 Å². The van der Waals surface area contributed by atoms with E-state index in [9.17, 15) is 0 Å². The van der Waals surface area contributed by atoms with Gasteiger partial charge in [-0.25, -0.2) is 0 Å². The van der Waals surface area contributed by atoms with Crippen molar-refractivity contribution in [1.29, 1.82) is 0 Å². The van der Waals surface area contributed by atoms with Crippen molar-refractivity contribution < 1.29 is 9.15 Å². The van der Waals surface area contributed by atoms with E-state index in [4.69, 9.17) is 9.15 Å². The first-order chi connectivity index (χ1) is 37.2. The van der Waals surface area contributed by atoms with Crippen LogP contribution in [0.5, 0.6) is 11.5 Å². The average Bonchev–Trinajstić information content (AvgIpc) is 4.12. The maximum absolute atomic E-state index is 7.05. The first-order valence-corrected chi connectivity index (χ1v) is 25.7. The highest BCUT2D eigenvalue weighted by Crippen LogP contribution is 2.58. The Morgan fingerprint density at radius 3 is 1.56 bits per heavy atom. The smallest absolute Gasteiger partial charge is 0.143 e. The molecule has 4 heteroatoms. The molecule has 0 unspecified atom stereocenters. The molecule has 0 spiro atoms. The van der Waals surface area contributed by atoms with E-state index < -0.39 is 5.41 Å². The minimum absolute atomic E-state index is 0.571. The quantitative estimate of drug-likeness (QED) is 0.144. The Hall–Kier alpha value is -9.90. The van der Waals surface area contributed by atoms with Crippen molar-refractivity contribution in [2.75, 3.05) is 9.80 Å². The summed E-state index contributed by atoms with van der Waals surface area (Å²) < 4.78 is 13.6. The molecule has 0 saturated heterocycles. The predicted octanol–water partition coefficient (Wildman–Crippen LogP) is 19.5. The molecule has 12 aromatic carbocycles. The minimum atomic E-state index is -0.571. The van der Waals surface area contributed by atoms with Gasteiger partial charge < -0.3 is 19.0 Å². The van der Waals surface area contributed by atoms with Crippen LogP contribution in [0, 0.1) is 0 Å². The number of para-hydroxylation sites is 4. The van der Waals surface area contributed by atoms with Gasteiger partial charge >= 0.3 is 0 Å². The SMILES string of the molecule is c1ccc(N(c2ccccc2)c2ccc3c(c2)Oc2ccc(N(c4ccc(-c5cccc6c5oc5ccccc56)cc4)c4ccc5c(c4)C(c4ccccc4)(c4ccccc4)c4ccccc4-5)c4cccc-3c24)cc1. The third-order valence-corrected chi connectivity index (χ3v) is 15.5. The molecule has 15 rings (SSSR count). The van der Waals surface area contributed by atoms with Gasteiger partial charge in [-0.05, 0) is 123 Å². The van der Waals surface area contributed by atoms with Gasteiger partial charge in [-0.2, -0.15) is 0 Å². The number of hydrogen-bond donors (Lipinski definition) is 0. The summed E-state index contributed by atoms with van der Waals surface area (Å²) >= 11 is 0. The molecule has 0 N–H and O–H groups in total. The highest BCUT2D eigenvalue weighted by atomic mass is 16.5. The molecule has 1 aromatic heterocycles. The molecule has 1 aliphatic carbocycles. The summed E-state index contributed by atoms with van der Waals surface area (Å²) in [6.45, 7) is 0. The number of furan rings is 1. The fraction of sp³-hybridized carbons (Fsp3) is 0.0141. The standard InChI is InChI=1S/C71H46N2O2/c1-5-19-48(20-6-1)71(49-21-7-2-8-22-49)63-33-15-13-27-56(63)57-41-39-53(45-64(57)71)73(52-37-35-47(36-38-52)55-29-17-31-61-58-28-14-16-34-66(58)75-70(55)61)65-43-44-67-69-60(30-18-32-62(65)69)59-42-40-54(46-68(59)74-67)72(50-23-9-3-10-24-50)51-25-11-4-12-26-51/h1-46H. The van der Waals surface area contributed by atoms with Crippen LogP contribution in [0.3, 0.4) is 0 Å². The van der Waals surface area contributed by atoms with E-state index in [1.807, 2.05) is 12.1 Å². The average molecular weight is 959 g/mol. The van der Waals surface area contributed by atoms with E-state index in [-0.39, 0.29) is 0 Å². The van der Waals surface area contributed by atoms with E-state index >= 15 is 0 Å². The molecule has 75 heavy (non-hydrogen) atoms. The molecule has 0 saturated carbocycles. The van der Waals surface area contributed by atoms with Gasteiger partial charge in [0.25, 0.3) is 0 Å². The lowest BCUT2D eigenvalue weighted by molar-refractivity contribution is 0.487. The summed E-state index contributed by atoms with van der Waals surface area (Å²) in [4.78, 5) is 4.72. The molecule has 0 fully saturated rings. The zero-order valence-electron chi connectivity index (χ0n) is 40.8. The zero-order chi connectivity index (χ0) is 49.5. The highest BCUT2D eigenvalue weighted by molar-refractivity contribution is 6.12. The van der Waals surface area contributed by atoms with E-state index in [1.165, 1.54) is 33.4 Å². The lowest BCUT2D eigenvalue weighted by Crippen LogP contribution is -2.28. The summed E-state index contributed by atoms with van der Waals surface area (Å²) in [7, 11) is 0. The molecule has 2 aliphatic rings. The lowest BCUT2D eigenvalue weighted by atomic mass is 9.67. The first kappa shape index (κ1) is 42.8. The Kier molecular flexibility index (Phi) is 9.76. The second-order valence-electron chi connectivity index (χ2n) is 19.5. The summed E-state index contributed by atoms with van der Waals surface area (Å²) in [5.74, 6) is 1.64. The molecule has 0 amide bonds. The number of nitrogens with zero attached hydrogens (tertiary/aromatic N) is 2. The number of ether oxygens (including phenoxy) is 1. The summed E-state index contributed by atoms with van der Waals surface area (Å²) in [5, 5.41) is 4.40. The molecule has 352 valence electrons. The third kappa shape index (κ3) is 6.63. The van der Waals surface area contributed by atoms with Crippen molar-refractivity contribution in [3.8, 4) is 44.9 Å². The molecule has 1 aliphatic heterocycles. The van der Waals surface area contributed by atoms with Gasteiger partial charge in [0.2, 0.25) is 0 Å². The largest absolute Gasteiger partial charge is 0.456 e. The van der Waals surface area contributed by atoms with Gasteiger partial charge in [0.1, 0.15) is 22.7 Å². The number of anilines is 6. The van der Waals surface area contributed by atoms with Gasteiger partial charge in [-0.3, -0.25) is 0 Å². The molecule has 13 aromatic rings. The summed E-state index contributed by atoms with van der Waals surface area (Å²) in [5.41, 5.74) is 19.3. The van der Waals surface area contributed by atoms with Crippen LogP contribution in [-0.2, 0) is 5.41 Å². The van der Waals surface area contributed by atoms with Crippen LogP contribution in [0.15, 0.2) is 283 Å². The van der Waals surface area contributed by atoms with Crippen LogP contribution in [0.25, 0.3) is 66.1 Å². The Morgan fingerprint density at radius 2 is 0.840 bits per heavy atom. The van der Waals surface area contributed by atoms with Crippen molar-refractivity contribution in [2.45, 2.75) is 5.41 Å². The second kappa shape index (κ2) is 17.1. The Morgan fingerprint density at radius 1 is 0.307 bits per heavy atom. The van der Waals surface area contributed by atoms with Crippen molar-refractivity contribution >= 4 is 66.8 Å². The van der Waals surface area contributed by atoms with Crippen LogP contribution >= 0.6 is 0 Å². The van der Waals surface area contributed by atoms with Gasteiger partial charge in [-0.1, -0.05) is 194 Å². The summed E-state index contributed by atoms with van der Waals surface area (Å²) in [6, 6.07) is 101. The molecule has 2 heterocycles. The minimum Gasteiger partial charge on any atom is -0.456 e. The molecular formula is C71H46N2O2. The van der Waals surface area contributed by atoms with Crippen molar-refractivity contribution in [2.24, 2.45) is 0 Å². The fourth-order valence-corrected chi connectivity index (χ4v) is 12.3. The molecular weight excluding hydrogens is 913 g/mol. The van der Waals surface area contributed by atoms with Gasteiger partial charge in [-0.15, -0.1) is 0 Å². The van der Waals surface area contributed by atoms with Gasteiger partial charge in [0, 0.05) is 67.2 Å². The van der Waals surface area contributed by atoms with Crippen molar-refractivity contribution in [3.63, 3.8) is 0 Å². The Labute approximate surface area is 435 Å². The maximum atomic E-state index is 7.05. The second-order valence-corrected chi connectivity index (χ2v) is 19.5. The van der Waals surface area contributed by atoms with E-state index in [0.29, 0.717) is 0 Å². The Balaban J connectivity index is 0.925. The molecule has 0 radical (unpaired) electrons. The lowest BCUT2D eigenvalue weighted by Gasteiger charge is -2.35. The normalized spacial score (nSPS) is 12.7. The highest BCUT2D eigenvalue weighted by Gasteiger charge is 2.46. The molecule has 0 bridgehead atoms. The van der Waals surface area contributed by atoms with E-state index in [1.54, 1.807) is 0 Å². The van der Waals surface area contributed by atoms with Crippen LogP contribution < -0.4 is 14.5 Å². The van der Waals surface area contributed by atoms with E-state index in [2.05, 4.69) is 277 Å². The molecule has 4 nitrogen and oxygen atoms in total. The Bertz CT molecular complexity index is 4240. The first-order valence-electron chi connectivity index (χ1n) is 25.7. The van der Waals surface area contributed by atoms with Gasteiger partial charge in [0.15, 0.2) is 0 Å². The third-order valence-electron chi connectivity index (χ3n) is 15.5. The van der Waals surface area contributed by atoms with E-state index in [0.717, 1.165) is 101 Å². The van der Waals surface area contributed by atoms with Crippen LogP contribution in [0.2, 0.25) is 0 Å². The monoisotopic (exact) mass is 958 g/mol. The number of hydrogen-bond acceptors (Lipinski definition) is 4. The predicted molar refractivity (Wildman–Crippen MR) is 309 cm³/mol. The fourth-order valence-electron chi connectivity index (χ4n) is 12.3. The number of rotatable bonds is 9. The van der Waals surface area contributed by atoms with Crippen LogP contribution in [-0.4, -0.2) is 0 Å². The van der Waals surface area contributed by atoms with Crippen LogP contribution in [0.4, 0.5) is 34.1 Å². The maximum Gasteiger partial charge on any atom is 0.143 e. The zero-order valence-corrected chi connectivity index (χ0v) is 40.8. The molecule has 0 atom stereocenters.